The van der Waals surface area contributed by atoms with Gasteiger partial charge in [-0.15, -0.1) is 0 Å². The van der Waals surface area contributed by atoms with Crippen LogP contribution in [0.25, 0.3) is 0 Å². The van der Waals surface area contributed by atoms with Crippen LogP contribution in [0.5, 0.6) is 0 Å². The molecular weight excluding hydrogens is 248 g/mol. The maximum atomic E-state index is 11.7. The van der Waals surface area contributed by atoms with Crippen LogP contribution in [0.1, 0.15) is 19.4 Å². The highest BCUT2D eigenvalue weighted by Gasteiger charge is 2.16. The van der Waals surface area contributed by atoms with E-state index in [2.05, 4.69) is 0 Å². The van der Waals surface area contributed by atoms with Gasteiger partial charge in [0, 0.05) is 18.8 Å². The van der Waals surface area contributed by atoms with E-state index in [1.807, 2.05) is 36.2 Å². The highest BCUT2D eigenvalue weighted by atomic mass is 32.2. The standard InChI is InChI=1S/C13H22N2O2S/c1-11(2)18(16,17)9-8-15(3)10-12-4-6-13(14)7-5-12/h4-7,11H,8-10,14H2,1-3H3. The molecule has 18 heavy (non-hydrogen) atoms. The first-order valence-electron chi connectivity index (χ1n) is 6.06. The Labute approximate surface area is 110 Å². The molecule has 0 aromatic heterocycles. The lowest BCUT2D eigenvalue weighted by Crippen LogP contribution is -2.28. The summed E-state index contributed by atoms with van der Waals surface area (Å²) in [4.78, 5) is 2.01. The van der Waals surface area contributed by atoms with Gasteiger partial charge < -0.3 is 10.6 Å². The number of nitrogens with two attached hydrogens (primary N) is 1. The molecule has 1 aromatic rings. The molecule has 0 amide bonds. The van der Waals surface area contributed by atoms with Crippen LogP contribution in [-0.4, -0.2) is 37.9 Å². The third-order valence-electron chi connectivity index (χ3n) is 2.91. The van der Waals surface area contributed by atoms with Crippen molar-refractivity contribution in [2.24, 2.45) is 0 Å². The van der Waals surface area contributed by atoms with Gasteiger partial charge in [0.15, 0.2) is 9.84 Å². The van der Waals surface area contributed by atoms with Crippen LogP contribution in [0.15, 0.2) is 24.3 Å². The van der Waals surface area contributed by atoms with E-state index in [4.69, 9.17) is 5.73 Å². The second-order valence-corrected chi connectivity index (χ2v) is 7.57. The van der Waals surface area contributed by atoms with Gasteiger partial charge in [0.2, 0.25) is 0 Å². The molecule has 2 N–H and O–H groups in total. The number of hydrogen-bond donors (Lipinski definition) is 1. The Morgan fingerprint density at radius 1 is 1.22 bits per heavy atom. The second kappa shape index (κ2) is 6.20. The Hall–Kier alpha value is -1.07. The molecule has 0 heterocycles. The van der Waals surface area contributed by atoms with Crippen molar-refractivity contribution in [2.45, 2.75) is 25.6 Å². The van der Waals surface area contributed by atoms with Gasteiger partial charge in [-0.1, -0.05) is 12.1 Å². The summed E-state index contributed by atoms with van der Waals surface area (Å²) in [5.41, 5.74) is 7.49. The summed E-state index contributed by atoms with van der Waals surface area (Å²) in [6.45, 7) is 4.71. The predicted molar refractivity (Wildman–Crippen MR) is 76.1 cm³/mol. The molecule has 0 fully saturated rings. The fourth-order valence-electron chi connectivity index (χ4n) is 1.53. The number of hydrogen-bond acceptors (Lipinski definition) is 4. The Bertz CT molecular complexity index is 466. The summed E-state index contributed by atoms with van der Waals surface area (Å²) in [5.74, 6) is 0.205. The molecule has 0 unspecified atom stereocenters. The molecule has 4 nitrogen and oxygen atoms in total. The smallest absolute Gasteiger partial charge is 0.153 e. The number of rotatable bonds is 6. The maximum absolute atomic E-state index is 11.7. The monoisotopic (exact) mass is 270 g/mol. The fourth-order valence-corrected chi connectivity index (χ4v) is 2.57. The van der Waals surface area contributed by atoms with Gasteiger partial charge >= 0.3 is 0 Å². The SMILES string of the molecule is CC(C)S(=O)(=O)CCN(C)Cc1ccc(N)cc1. The van der Waals surface area contributed by atoms with Crippen LogP contribution < -0.4 is 5.73 Å². The number of benzene rings is 1. The van der Waals surface area contributed by atoms with E-state index in [0.29, 0.717) is 6.54 Å². The summed E-state index contributed by atoms with van der Waals surface area (Å²) in [6, 6.07) is 7.63. The number of anilines is 1. The molecule has 0 aliphatic carbocycles. The first-order chi connectivity index (χ1) is 8.31. The normalized spacial score (nSPS) is 12.3. The molecule has 0 aliphatic heterocycles. The van der Waals surface area contributed by atoms with Gasteiger partial charge in [-0.2, -0.15) is 0 Å². The first-order valence-corrected chi connectivity index (χ1v) is 7.77. The molecule has 5 heteroatoms. The Morgan fingerprint density at radius 3 is 2.28 bits per heavy atom. The van der Waals surface area contributed by atoms with E-state index in [-0.39, 0.29) is 11.0 Å². The molecule has 0 atom stereocenters. The molecule has 0 radical (unpaired) electrons. The van der Waals surface area contributed by atoms with E-state index >= 15 is 0 Å². The lowest BCUT2D eigenvalue weighted by molar-refractivity contribution is 0.346. The first kappa shape index (κ1) is 15.0. The molecule has 0 saturated heterocycles. The van der Waals surface area contributed by atoms with Gasteiger partial charge in [0.25, 0.3) is 0 Å². The van der Waals surface area contributed by atoms with Crippen LogP contribution >= 0.6 is 0 Å². The summed E-state index contributed by atoms with van der Waals surface area (Å²) >= 11 is 0. The molecule has 0 bridgehead atoms. The highest BCUT2D eigenvalue weighted by Crippen LogP contribution is 2.08. The van der Waals surface area contributed by atoms with Crippen LogP contribution in [0.2, 0.25) is 0 Å². The van der Waals surface area contributed by atoms with Crippen LogP contribution in [0.4, 0.5) is 5.69 Å². The minimum Gasteiger partial charge on any atom is -0.399 e. The van der Waals surface area contributed by atoms with Gasteiger partial charge in [-0.3, -0.25) is 0 Å². The highest BCUT2D eigenvalue weighted by molar-refractivity contribution is 7.92. The van der Waals surface area contributed by atoms with Crippen LogP contribution in [-0.2, 0) is 16.4 Å². The van der Waals surface area contributed by atoms with E-state index < -0.39 is 9.84 Å². The third-order valence-corrected chi connectivity index (χ3v) is 5.10. The summed E-state index contributed by atoms with van der Waals surface area (Å²) < 4.78 is 23.4. The molecular formula is C13H22N2O2S. The van der Waals surface area contributed by atoms with E-state index in [1.165, 1.54) is 0 Å². The largest absolute Gasteiger partial charge is 0.399 e. The lowest BCUT2D eigenvalue weighted by Gasteiger charge is -2.17. The zero-order valence-corrected chi connectivity index (χ0v) is 12.1. The third kappa shape index (κ3) is 4.66. The minimum atomic E-state index is -2.95. The van der Waals surface area contributed by atoms with E-state index in [1.54, 1.807) is 13.8 Å². The van der Waals surface area contributed by atoms with Crippen LogP contribution in [0.3, 0.4) is 0 Å². The van der Waals surface area contributed by atoms with Crippen LogP contribution in [0, 0.1) is 0 Å². The number of nitrogens with zero attached hydrogens (tertiary/aromatic N) is 1. The molecule has 1 aromatic carbocycles. The number of nitrogen functional groups attached to an aromatic ring is 1. The Balaban J connectivity index is 2.48. The van der Waals surface area contributed by atoms with Crippen molar-refractivity contribution in [1.82, 2.24) is 4.90 Å². The van der Waals surface area contributed by atoms with Crippen molar-refractivity contribution in [2.75, 3.05) is 25.1 Å². The van der Waals surface area contributed by atoms with Crippen molar-refractivity contribution in [3.63, 3.8) is 0 Å². The van der Waals surface area contributed by atoms with Gasteiger partial charge in [-0.25, -0.2) is 8.42 Å². The Kier molecular flexibility index (Phi) is 5.16. The quantitative estimate of drug-likeness (QED) is 0.796. The van der Waals surface area contributed by atoms with Gasteiger partial charge in [-0.05, 0) is 38.6 Å². The Morgan fingerprint density at radius 2 is 1.78 bits per heavy atom. The van der Waals surface area contributed by atoms with Gasteiger partial charge in [0.05, 0.1) is 11.0 Å². The zero-order valence-electron chi connectivity index (χ0n) is 11.3. The predicted octanol–water partition coefficient (Wildman–Crippen LogP) is 1.52. The van der Waals surface area contributed by atoms with Gasteiger partial charge in [0.1, 0.15) is 0 Å². The van der Waals surface area contributed by atoms with Crippen molar-refractivity contribution in [3.8, 4) is 0 Å². The molecule has 1 rings (SSSR count). The van der Waals surface area contributed by atoms with Crippen molar-refractivity contribution in [3.05, 3.63) is 29.8 Å². The lowest BCUT2D eigenvalue weighted by atomic mass is 10.2. The second-order valence-electron chi connectivity index (χ2n) is 4.90. The molecule has 0 aliphatic rings. The summed E-state index contributed by atoms with van der Waals surface area (Å²) in [7, 11) is -1.03. The molecule has 102 valence electrons. The topological polar surface area (TPSA) is 63.4 Å². The number of sulfone groups is 1. The summed E-state index contributed by atoms with van der Waals surface area (Å²) in [5, 5.41) is -0.303. The maximum Gasteiger partial charge on any atom is 0.153 e. The van der Waals surface area contributed by atoms with E-state index in [9.17, 15) is 8.42 Å². The van der Waals surface area contributed by atoms with Crippen molar-refractivity contribution >= 4 is 15.5 Å². The van der Waals surface area contributed by atoms with Crippen molar-refractivity contribution < 1.29 is 8.42 Å². The molecule has 0 saturated carbocycles. The zero-order chi connectivity index (χ0) is 13.8. The van der Waals surface area contributed by atoms with Crippen molar-refractivity contribution in [1.29, 1.82) is 0 Å². The average Bonchev–Trinajstić information content (AvgIpc) is 2.29. The molecule has 0 spiro atoms. The minimum absolute atomic E-state index is 0.205. The van der Waals surface area contributed by atoms with E-state index in [0.717, 1.165) is 17.8 Å². The average molecular weight is 270 g/mol. The fraction of sp³-hybridized carbons (Fsp3) is 0.538. The summed E-state index contributed by atoms with van der Waals surface area (Å²) in [6.07, 6.45) is 0.